The van der Waals surface area contributed by atoms with E-state index in [1.807, 2.05) is 0 Å². The summed E-state index contributed by atoms with van der Waals surface area (Å²) in [4.78, 5) is 3.95. The van der Waals surface area contributed by atoms with Crippen molar-refractivity contribution in [3.05, 3.63) is 0 Å². The van der Waals surface area contributed by atoms with Crippen LogP contribution in [0.25, 0.3) is 0 Å². The van der Waals surface area contributed by atoms with Gasteiger partial charge in [0.2, 0.25) is 0 Å². The van der Waals surface area contributed by atoms with Crippen molar-refractivity contribution in [2.75, 3.05) is 46.4 Å². The summed E-state index contributed by atoms with van der Waals surface area (Å²) in [7, 11) is 1.76. The van der Waals surface area contributed by atoms with Crippen LogP contribution < -0.4 is 0 Å². The molecule has 0 rings (SSSR count). The molecule has 15 heavy (non-hydrogen) atoms. The quantitative estimate of drug-likeness (QED) is 0.262. The summed E-state index contributed by atoms with van der Waals surface area (Å²) in [5.41, 5.74) is 0. The average Bonchev–Trinajstić information content (AvgIpc) is 2.29. The highest BCUT2D eigenvalue weighted by Crippen LogP contribution is 2.07. The van der Waals surface area contributed by atoms with Gasteiger partial charge in [-0.3, -0.25) is 0 Å². The van der Waals surface area contributed by atoms with Gasteiger partial charge in [-0.15, -0.1) is 0 Å². The molecule has 0 spiro atoms. The minimum atomic E-state index is 0.802. The van der Waals surface area contributed by atoms with Gasteiger partial charge in [-0.05, 0) is 26.1 Å². The molecule has 0 aromatic carbocycles. The Balaban J connectivity index is 4.04. The number of hydrogen-bond acceptors (Lipinski definition) is 3. The smallest absolute Gasteiger partial charge is 0.102 e. The molecule has 0 unspecified atom stereocenters. The molecule has 0 aliphatic rings. The van der Waals surface area contributed by atoms with Crippen LogP contribution in [-0.2, 0) is 4.74 Å². The van der Waals surface area contributed by atoms with Crippen LogP contribution in [0.2, 0.25) is 0 Å². The van der Waals surface area contributed by atoms with Gasteiger partial charge in [-0.1, -0.05) is 0 Å². The van der Waals surface area contributed by atoms with Gasteiger partial charge < -0.3 is 9.22 Å². The Morgan fingerprint density at radius 2 is 1.93 bits per heavy atom. The zero-order valence-electron chi connectivity index (χ0n) is 10.2. The Morgan fingerprint density at radius 1 is 1.27 bits per heavy atom. The normalized spacial score (nSPS) is 11.1. The molecule has 0 radical (unpaired) electrons. The van der Waals surface area contributed by atoms with Crippen LogP contribution in [0.1, 0.15) is 20.3 Å². The highest BCUT2D eigenvalue weighted by molar-refractivity contribution is 7.78. The van der Waals surface area contributed by atoms with E-state index in [1.54, 1.807) is 7.11 Å². The van der Waals surface area contributed by atoms with E-state index in [0.717, 1.165) is 50.2 Å². The number of hydrogen-bond donors (Lipinski definition) is 0. The molecular weight excluding hydrogens is 208 g/mol. The van der Waals surface area contributed by atoms with Crippen molar-refractivity contribution in [2.45, 2.75) is 20.3 Å². The fourth-order valence-corrected chi connectivity index (χ4v) is 1.87. The van der Waals surface area contributed by atoms with Crippen LogP contribution >= 0.6 is 12.2 Å². The topological polar surface area (TPSA) is 21.6 Å². The maximum absolute atomic E-state index is 5.16. The summed E-state index contributed by atoms with van der Waals surface area (Å²) in [6.07, 6.45) is 1.08. The second-order valence-corrected chi connectivity index (χ2v) is 3.92. The number of nitrogens with zero attached hydrogens (tertiary/aromatic N) is 2. The molecule has 0 heterocycles. The van der Waals surface area contributed by atoms with E-state index in [-0.39, 0.29) is 0 Å². The van der Waals surface area contributed by atoms with Gasteiger partial charge in [-0.2, -0.15) is 0 Å². The maximum Gasteiger partial charge on any atom is 0.102 e. The van der Waals surface area contributed by atoms with E-state index in [1.165, 1.54) is 0 Å². The largest absolute Gasteiger partial charge is 0.379 e. The number of thiocarbonyl (C=S) groups is 1. The molecule has 0 saturated carbocycles. The summed E-state index contributed by atoms with van der Waals surface area (Å²) < 4.78 is 6.27. The second kappa shape index (κ2) is 8.98. The van der Waals surface area contributed by atoms with Crippen molar-refractivity contribution in [3.8, 4) is 0 Å². The maximum atomic E-state index is 5.16. The molecule has 4 heteroatoms. The molecule has 0 aliphatic heterocycles. The molecule has 0 aromatic heterocycles. The number of ether oxygens (including phenoxy) is 1. The Labute approximate surface area is 98.7 Å². The van der Waals surface area contributed by atoms with Gasteiger partial charge in [-0.25, -0.2) is 4.99 Å². The lowest BCUT2D eigenvalue weighted by Gasteiger charge is -2.36. The van der Waals surface area contributed by atoms with E-state index in [2.05, 4.69) is 36.2 Å². The van der Waals surface area contributed by atoms with Gasteiger partial charge in [0.1, 0.15) is 6.54 Å². The summed E-state index contributed by atoms with van der Waals surface area (Å²) in [5, 5.41) is 2.41. The first-order valence-corrected chi connectivity index (χ1v) is 6.03. The SMILES string of the molecule is CC[N+](CC)(CCCN=C=S)CCOC. The molecule has 0 atom stereocenters. The van der Waals surface area contributed by atoms with E-state index >= 15 is 0 Å². The Hall–Kier alpha value is -0.280. The standard InChI is InChI=1S/C11H23N2OS/c1-4-13(5-2,9-10-14-3)8-6-7-12-11-15/h4-10H2,1-3H3/q+1. The fourth-order valence-electron chi connectivity index (χ4n) is 1.78. The summed E-state index contributed by atoms with van der Waals surface area (Å²) in [5.74, 6) is 0. The summed E-state index contributed by atoms with van der Waals surface area (Å²) >= 11 is 4.54. The van der Waals surface area contributed by atoms with Crippen LogP contribution in [0.4, 0.5) is 0 Å². The first kappa shape index (κ1) is 14.7. The van der Waals surface area contributed by atoms with Gasteiger partial charge in [0, 0.05) is 13.5 Å². The predicted octanol–water partition coefficient (Wildman–Crippen LogP) is 1.98. The molecular formula is C11H23N2OS+. The Kier molecular flexibility index (Phi) is 8.82. The number of rotatable bonds is 9. The van der Waals surface area contributed by atoms with E-state index in [0.29, 0.717) is 0 Å². The Bertz CT molecular complexity index is 199. The number of quaternary nitrogens is 1. The molecule has 0 N–H and O–H groups in total. The molecule has 88 valence electrons. The van der Waals surface area contributed by atoms with Crippen LogP contribution in [0.15, 0.2) is 4.99 Å². The molecule has 0 amide bonds. The van der Waals surface area contributed by atoms with Gasteiger partial charge in [0.05, 0.1) is 37.9 Å². The molecule has 3 nitrogen and oxygen atoms in total. The van der Waals surface area contributed by atoms with Crippen molar-refractivity contribution < 1.29 is 9.22 Å². The molecule has 0 saturated heterocycles. The third kappa shape index (κ3) is 6.00. The first-order chi connectivity index (χ1) is 7.24. The first-order valence-electron chi connectivity index (χ1n) is 5.62. The lowest BCUT2D eigenvalue weighted by atomic mass is 10.3. The zero-order valence-corrected chi connectivity index (χ0v) is 11.0. The highest BCUT2D eigenvalue weighted by atomic mass is 32.1. The Morgan fingerprint density at radius 3 is 2.40 bits per heavy atom. The number of methoxy groups -OCH3 is 1. The highest BCUT2D eigenvalue weighted by Gasteiger charge is 2.21. The summed E-state index contributed by atoms with van der Waals surface area (Å²) in [6, 6.07) is 0. The third-order valence-electron chi connectivity index (χ3n) is 3.08. The average molecular weight is 231 g/mol. The molecule has 0 aliphatic carbocycles. The van der Waals surface area contributed by atoms with Crippen LogP contribution in [0, 0.1) is 0 Å². The van der Waals surface area contributed by atoms with Crippen LogP contribution in [0.5, 0.6) is 0 Å². The van der Waals surface area contributed by atoms with Crippen molar-refractivity contribution in [1.29, 1.82) is 0 Å². The van der Waals surface area contributed by atoms with Crippen molar-refractivity contribution >= 4 is 17.4 Å². The van der Waals surface area contributed by atoms with E-state index in [4.69, 9.17) is 4.74 Å². The van der Waals surface area contributed by atoms with Crippen molar-refractivity contribution in [1.82, 2.24) is 0 Å². The predicted molar refractivity (Wildman–Crippen MR) is 67.5 cm³/mol. The number of likely N-dealkylation sites (N-methyl/N-ethyl adjacent to an activating group) is 1. The minimum absolute atomic E-state index is 0.802. The number of isothiocyanates is 1. The lowest BCUT2D eigenvalue weighted by molar-refractivity contribution is -0.925. The van der Waals surface area contributed by atoms with Crippen LogP contribution in [0.3, 0.4) is 0 Å². The molecule has 0 fully saturated rings. The van der Waals surface area contributed by atoms with Crippen molar-refractivity contribution in [2.24, 2.45) is 4.99 Å². The number of aliphatic imine (C=N–C) groups is 1. The summed E-state index contributed by atoms with van der Waals surface area (Å²) in [6.45, 7) is 10.7. The third-order valence-corrected chi connectivity index (χ3v) is 3.21. The monoisotopic (exact) mass is 231 g/mol. The fraction of sp³-hybridized carbons (Fsp3) is 0.909. The second-order valence-electron chi connectivity index (χ2n) is 3.74. The van der Waals surface area contributed by atoms with Gasteiger partial charge >= 0.3 is 0 Å². The van der Waals surface area contributed by atoms with E-state index < -0.39 is 0 Å². The molecule has 0 bridgehead atoms. The van der Waals surface area contributed by atoms with Crippen LogP contribution in [-0.4, -0.2) is 56.1 Å². The minimum Gasteiger partial charge on any atom is -0.379 e. The van der Waals surface area contributed by atoms with Gasteiger partial charge in [0.15, 0.2) is 0 Å². The van der Waals surface area contributed by atoms with Gasteiger partial charge in [0.25, 0.3) is 0 Å². The van der Waals surface area contributed by atoms with E-state index in [9.17, 15) is 0 Å². The van der Waals surface area contributed by atoms with Crippen molar-refractivity contribution in [3.63, 3.8) is 0 Å². The zero-order chi connectivity index (χ0) is 11.6. The molecule has 0 aromatic rings. The lowest BCUT2D eigenvalue weighted by Crippen LogP contribution is -2.50.